The van der Waals surface area contributed by atoms with Gasteiger partial charge in [0.2, 0.25) is 41.2 Å². The van der Waals surface area contributed by atoms with Crippen LogP contribution in [0.1, 0.15) is 100 Å². The summed E-state index contributed by atoms with van der Waals surface area (Å²) in [6.45, 7) is 1.16. The predicted molar refractivity (Wildman–Crippen MR) is 271 cm³/mol. The zero-order valence-electron chi connectivity index (χ0n) is 41.0. The molecule has 1 aliphatic rings. The van der Waals surface area contributed by atoms with Gasteiger partial charge in [-0.3, -0.25) is 52.7 Å². The molecule has 22 heteroatoms. The maximum atomic E-state index is 15.0. The van der Waals surface area contributed by atoms with Crippen LogP contribution in [-0.2, 0) is 59.2 Å². The van der Waals surface area contributed by atoms with Crippen molar-refractivity contribution in [3.05, 3.63) is 108 Å². The van der Waals surface area contributed by atoms with E-state index in [1.54, 1.807) is 60.7 Å². The van der Waals surface area contributed by atoms with E-state index in [4.69, 9.17) is 0 Å². The molecule has 6 atom stereocenters. The van der Waals surface area contributed by atoms with Gasteiger partial charge in [0.25, 0.3) is 5.91 Å². The summed E-state index contributed by atoms with van der Waals surface area (Å²) in [5.41, 5.74) is 1.82. The molecule has 0 aromatic heterocycles. The molecule has 3 aromatic rings. The molecule has 1 saturated carbocycles. The Morgan fingerprint density at radius 2 is 1.00 bits per heavy atom. The zero-order chi connectivity index (χ0) is 54.2. The number of hydrogen-bond donors (Lipinski definition) is 11. The van der Waals surface area contributed by atoms with Crippen molar-refractivity contribution in [2.24, 2.45) is 5.92 Å². The van der Waals surface area contributed by atoms with Gasteiger partial charge in [0.1, 0.15) is 36.3 Å². The Kier molecular flexibility index (Phi) is 24.2. The lowest BCUT2D eigenvalue weighted by atomic mass is 9.84. The molecule has 0 heterocycles. The maximum Gasteiger partial charge on any atom is 0.305 e. The molecule has 10 N–H and O–H groups in total. The highest BCUT2D eigenvalue weighted by atomic mass is 32.1. The molecule has 21 nitrogen and oxygen atoms in total. The number of ketones is 1. The molecule has 7 amide bonds. The smallest absolute Gasteiger partial charge is 0.305 e. The van der Waals surface area contributed by atoms with Gasteiger partial charge in [-0.2, -0.15) is 12.6 Å². The van der Waals surface area contributed by atoms with E-state index in [9.17, 15) is 68.1 Å². The zero-order valence-corrected chi connectivity index (χ0v) is 41.9. The van der Waals surface area contributed by atoms with Gasteiger partial charge in [0, 0.05) is 38.0 Å². The third-order valence-electron chi connectivity index (χ3n) is 12.4. The normalized spacial score (nSPS) is 14.8. The first kappa shape index (κ1) is 58.9. The number of Topliss-reactive ketones (excluding diaryl/α,β-unsaturated/α-hetero) is 1. The fourth-order valence-corrected chi connectivity index (χ4v) is 8.88. The van der Waals surface area contributed by atoms with Crippen molar-refractivity contribution in [2.45, 2.75) is 126 Å². The standard InChI is InChI=1S/C52H65N7O14S/c1-31(60)54-39(29-43(65)66)50(71)55-37(23-25-42(63)64)48(69)59-45(44(34-18-10-4-11-19-34)35-20-12-5-13-21-35)51(72)56-36(22-24-41(61)62)47(68)57-38(28-33-16-8-3-9-17-33)49(70)58-40(30-74)46(67)52(73)53-27-26-32-14-6-2-7-15-32/h2,4-7,10-15,18-21,33,36-40,44-45,74H,3,8-9,16-17,22-30H2,1H3,(H,53,73)(H,54,60)(H,55,71)(H,56,72)(H,57,68)(H,58,70)(H,59,69)(H,61,62)(H,63,64)(H,65,66)/t36-,37-,38-,39-,40-,45-/m0/s1. The van der Waals surface area contributed by atoms with Crippen molar-refractivity contribution in [1.82, 2.24) is 37.2 Å². The Hall–Kier alpha value is -7.62. The van der Waals surface area contributed by atoms with E-state index in [1.807, 2.05) is 30.3 Å². The Bertz CT molecular complexity index is 2370. The molecule has 3 aromatic carbocycles. The number of carbonyl (C=O) groups is 11. The summed E-state index contributed by atoms with van der Waals surface area (Å²) >= 11 is 4.23. The molecule has 0 bridgehead atoms. The van der Waals surface area contributed by atoms with Gasteiger partial charge in [-0.1, -0.05) is 123 Å². The number of carboxylic acids is 3. The van der Waals surface area contributed by atoms with Gasteiger partial charge in [-0.25, -0.2) is 0 Å². The number of benzene rings is 3. The topological polar surface area (TPSA) is 333 Å². The minimum Gasteiger partial charge on any atom is -0.481 e. The van der Waals surface area contributed by atoms with Crippen LogP contribution in [0.4, 0.5) is 0 Å². The first-order valence-corrected chi connectivity index (χ1v) is 25.0. The van der Waals surface area contributed by atoms with Crippen molar-refractivity contribution in [3.63, 3.8) is 0 Å². The van der Waals surface area contributed by atoms with Crippen LogP contribution >= 0.6 is 12.6 Å². The number of amides is 7. The van der Waals surface area contributed by atoms with Crippen LogP contribution in [0, 0.1) is 5.92 Å². The number of carboxylic acid groups (broad SMARTS) is 3. The van der Waals surface area contributed by atoms with E-state index >= 15 is 0 Å². The van der Waals surface area contributed by atoms with Crippen LogP contribution in [0.2, 0.25) is 0 Å². The van der Waals surface area contributed by atoms with Crippen LogP contribution in [0.25, 0.3) is 0 Å². The highest BCUT2D eigenvalue weighted by Gasteiger charge is 2.39. The summed E-state index contributed by atoms with van der Waals surface area (Å²) < 4.78 is 0. The molecular weight excluding hydrogens is 979 g/mol. The predicted octanol–water partition coefficient (Wildman–Crippen LogP) is 1.78. The molecule has 0 spiro atoms. The van der Waals surface area contributed by atoms with Gasteiger partial charge in [0.15, 0.2) is 0 Å². The third kappa shape index (κ3) is 19.8. The molecular formula is C52H65N7O14S. The van der Waals surface area contributed by atoms with Gasteiger partial charge in [-0.05, 0) is 48.3 Å². The molecule has 1 fully saturated rings. The molecule has 398 valence electrons. The lowest BCUT2D eigenvalue weighted by Crippen LogP contribution is -2.61. The SMILES string of the molecule is CC(=O)N[C@@H](CC(=O)O)C(=O)N[C@@H](CCC(=O)O)C(=O)N[C@H](C(=O)N[C@@H](CCC(=O)O)C(=O)N[C@@H](CC1CCCCC1)C(=O)N[C@@H](CS)C(=O)C(=O)NCCc1ccccc1)C(c1ccccc1)c1ccccc1. The van der Waals surface area contributed by atoms with Gasteiger partial charge in [0.05, 0.1) is 6.42 Å². The summed E-state index contributed by atoms with van der Waals surface area (Å²) in [5.74, 6) is -13.5. The van der Waals surface area contributed by atoms with Crippen molar-refractivity contribution in [3.8, 4) is 0 Å². The third-order valence-corrected chi connectivity index (χ3v) is 12.7. The minimum absolute atomic E-state index is 0.0670. The lowest BCUT2D eigenvalue weighted by molar-refractivity contribution is -0.141. The number of thiol groups is 1. The minimum atomic E-state index is -1.75. The van der Waals surface area contributed by atoms with E-state index in [1.165, 1.54) is 0 Å². The van der Waals surface area contributed by atoms with Crippen LogP contribution < -0.4 is 37.2 Å². The van der Waals surface area contributed by atoms with Gasteiger partial charge in [-0.15, -0.1) is 0 Å². The highest BCUT2D eigenvalue weighted by molar-refractivity contribution is 7.80. The molecule has 0 saturated heterocycles. The summed E-state index contributed by atoms with van der Waals surface area (Å²) in [6, 6.07) is 16.2. The second-order valence-corrected chi connectivity index (χ2v) is 18.4. The molecule has 0 radical (unpaired) electrons. The van der Waals surface area contributed by atoms with Crippen LogP contribution in [-0.4, -0.2) is 129 Å². The van der Waals surface area contributed by atoms with Crippen molar-refractivity contribution in [1.29, 1.82) is 0 Å². The molecule has 1 aliphatic carbocycles. The van der Waals surface area contributed by atoms with E-state index in [0.717, 1.165) is 31.7 Å². The van der Waals surface area contributed by atoms with Crippen molar-refractivity contribution in [2.75, 3.05) is 12.3 Å². The van der Waals surface area contributed by atoms with E-state index < -0.39 is 139 Å². The van der Waals surface area contributed by atoms with Gasteiger partial charge < -0.3 is 52.5 Å². The van der Waals surface area contributed by atoms with Crippen LogP contribution in [0.5, 0.6) is 0 Å². The first-order chi connectivity index (χ1) is 35.4. The molecule has 4 rings (SSSR count). The molecule has 0 aliphatic heterocycles. The Morgan fingerprint density at radius 3 is 1.50 bits per heavy atom. The quantitative estimate of drug-likeness (QED) is 0.0335. The fourth-order valence-electron chi connectivity index (χ4n) is 8.63. The number of aliphatic carboxylic acids is 3. The molecule has 74 heavy (non-hydrogen) atoms. The van der Waals surface area contributed by atoms with E-state index in [0.29, 0.717) is 30.4 Å². The average Bonchev–Trinajstić information content (AvgIpc) is 3.37. The lowest BCUT2D eigenvalue weighted by Gasteiger charge is -2.32. The Balaban J connectivity index is 1.69. The van der Waals surface area contributed by atoms with Crippen LogP contribution in [0.3, 0.4) is 0 Å². The van der Waals surface area contributed by atoms with Crippen LogP contribution in [0.15, 0.2) is 91.0 Å². The summed E-state index contributed by atoms with van der Waals surface area (Å²) in [4.78, 5) is 145. The summed E-state index contributed by atoms with van der Waals surface area (Å²) in [6.07, 6.45) is 1.21. The van der Waals surface area contributed by atoms with E-state index in [2.05, 4.69) is 49.8 Å². The number of rotatable bonds is 30. The van der Waals surface area contributed by atoms with E-state index in [-0.39, 0.29) is 24.6 Å². The molecule has 0 unspecified atom stereocenters. The second-order valence-electron chi connectivity index (χ2n) is 18.0. The summed E-state index contributed by atoms with van der Waals surface area (Å²) in [5, 5.41) is 46.3. The first-order valence-electron chi connectivity index (χ1n) is 24.4. The Labute approximate surface area is 433 Å². The average molecular weight is 1040 g/mol. The Morgan fingerprint density at radius 1 is 0.541 bits per heavy atom. The van der Waals surface area contributed by atoms with Gasteiger partial charge >= 0.3 is 17.9 Å². The largest absolute Gasteiger partial charge is 0.481 e. The summed E-state index contributed by atoms with van der Waals surface area (Å²) in [7, 11) is 0. The number of nitrogens with one attached hydrogen (secondary N) is 7. The highest BCUT2D eigenvalue weighted by Crippen LogP contribution is 2.30. The van der Waals surface area contributed by atoms with Crippen molar-refractivity contribution < 1.29 is 68.1 Å². The monoisotopic (exact) mass is 1040 g/mol. The fraction of sp³-hybridized carbons (Fsp3) is 0.442. The second kappa shape index (κ2) is 30.4. The van der Waals surface area contributed by atoms with Crippen molar-refractivity contribution >= 4 is 77.7 Å². The maximum absolute atomic E-state index is 15.0. The number of hydrogen-bond acceptors (Lipinski definition) is 12. The number of carbonyl (C=O) groups excluding carboxylic acids is 8.